The average molecular weight is 448 g/mol. The predicted molar refractivity (Wildman–Crippen MR) is 105 cm³/mol. The molecule has 0 spiro atoms. The number of benzene rings is 1. The van der Waals surface area contributed by atoms with E-state index in [0.29, 0.717) is 31.9 Å². The Hall–Kier alpha value is -1.71. The van der Waals surface area contributed by atoms with E-state index in [4.69, 9.17) is 15.2 Å². The van der Waals surface area contributed by atoms with Crippen molar-refractivity contribution in [3.63, 3.8) is 0 Å². The second kappa shape index (κ2) is 10.2. The molecule has 7 nitrogen and oxygen atoms in total. The molecule has 1 amide bonds. The fraction of sp³-hybridized carbons (Fsp3) is 0.500. The minimum Gasteiger partial charge on any atom is -0.490 e. The molecule has 1 aliphatic heterocycles. The van der Waals surface area contributed by atoms with Gasteiger partial charge in [0.05, 0.1) is 19.8 Å². The van der Waals surface area contributed by atoms with Crippen molar-refractivity contribution < 1.29 is 14.3 Å². The van der Waals surface area contributed by atoms with Crippen molar-refractivity contribution in [3.8, 4) is 11.5 Å². The summed E-state index contributed by atoms with van der Waals surface area (Å²) in [6.07, 6.45) is 1.17. The highest BCUT2D eigenvalue weighted by atomic mass is 127. The van der Waals surface area contributed by atoms with E-state index in [1.165, 1.54) is 0 Å². The molecule has 0 radical (unpaired) electrons. The number of carbonyl (C=O) groups is 1. The highest BCUT2D eigenvalue weighted by Crippen LogP contribution is 2.32. The van der Waals surface area contributed by atoms with Crippen molar-refractivity contribution in [1.82, 2.24) is 5.32 Å². The van der Waals surface area contributed by atoms with Crippen LogP contribution in [0.25, 0.3) is 0 Å². The molecule has 1 heterocycles. The molecule has 24 heavy (non-hydrogen) atoms. The van der Waals surface area contributed by atoms with Crippen LogP contribution in [0.3, 0.4) is 0 Å². The highest BCUT2D eigenvalue weighted by Gasteiger charge is 2.11. The molecule has 0 aromatic heterocycles. The van der Waals surface area contributed by atoms with Crippen molar-refractivity contribution in [2.45, 2.75) is 32.7 Å². The lowest BCUT2D eigenvalue weighted by atomic mass is 10.3. The summed E-state index contributed by atoms with van der Waals surface area (Å²) in [6.45, 7) is 5.46. The maximum absolute atomic E-state index is 11.5. The Bertz CT molecular complexity index is 578. The Morgan fingerprint density at radius 3 is 2.71 bits per heavy atom. The zero-order valence-corrected chi connectivity index (χ0v) is 16.3. The Kier molecular flexibility index (Phi) is 8.66. The topological polar surface area (TPSA) is 98.0 Å². The predicted octanol–water partition coefficient (Wildman–Crippen LogP) is 2.11. The molecule has 4 N–H and O–H groups in total. The second-order valence-corrected chi connectivity index (χ2v) is 5.58. The van der Waals surface area contributed by atoms with E-state index < -0.39 is 0 Å². The number of fused-ring (bicyclic) bond motifs is 1. The van der Waals surface area contributed by atoms with Gasteiger partial charge in [-0.2, -0.15) is 0 Å². The van der Waals surface area contributed by atoms with Gasteiger partial charge in [0.15, 0.2) is 17.5 Å². The minimum atomic E-state index is -0.0351. The number of hydrogen-bond donors (Lipinski definition) is 3. The van der Waals surface area contributed by atoms with Gasteiger partial charge in [-0.25, -0.2) is 0 Å². The van der Waals surface area contributed by atoms with Crippen LogP contribution in [-0.2, 0) is 4.79 Å². The largest absolute Gasteiger partial charge is 0.490 e. The third-order valence-electron chi connectivity index (χ3n) is 3.09. The van der Waals surface area contributed by atoms with Crippen molar-refractivity contribution in [3.05, 3.63) is 18.2 Å². The van der Waals surface area contributed by atoms with Crippen LogP contribution < -0.4 is 25.8 Å². The smallest absolute Gasteiger partial charge is 0.222 e. The quantitative estimate of drug-likeness (QED) is 0.364. The molecular formula is C16H25IN4O3. The van der Waals surface area contributed by atoms with Crippen LogP contribution in [-0.4, -0.2) is 37.7 Å². The number of rotatable bonds is 5. The van der Waals surface area contributed by atoms with E-state index in [0.717, 1.165) is 17.9 Å². The van der Waals surface area contributed by atoms with Gasteiger partial charge >= 0.3 is 0 Å². The Morgan fingerprint density at radius 2 is 2.00 bits per heavy atom. The monoisotopic (exact) mass is 448 g/mol. The normalized spacial score (nSPS) is 13.7. The summed E-state index contributed by atoms with van der Waals surface area (Å²) >= 11 is 0. The highest BCUT2D eigenvalue weighted by molar-refractivity contribution is 14.0. The molecular weight excluding hydrogens is 423 g/mol. The number of anilines is 1. The van der Waals surface area contributed by atoms with Crippen molar-refractivity contribution in [1.29, 1.82) is 0 Å². The standard InChI is InChI=1S/C16H24N4O3.HI/c1-11(2)19-15(21)6-7-18-16(17)20-12-4-5-13-14(10-12)23-9-3-8-22-13;/h4-5,10-11H,3,6-9H2,1-2H3,(H,19,21)(H3,17,18,20);1H. The SMILES string of the molecule is CC(C)NC(=O)CCN=C(N)Nc1ccc2c(c1)OCCCO2.I. The summed E-state index contributed by atoms with van der Waals surface area (Å²) in [5, 5.41) is 5.79. The van der Waals surface area contributed by atoms with E-state index >= 15 is 0 Å². The van der Waals surface area contributed by atoms with Crippen LogP contribution in [0.4, 0.5) is 5.69 Å². The van der Waals surface area contributed by atoms with Crippen molar-refractivity contribution in [2.75, 3.05) is 25.1 Å². The third kappa shape index (κ3) is 6.81. The van der Waals surface area contributed by atoms with Gasteiger partial charge in [0, 0.05) is 30.6 Å². The third-order valence-corrected chi connectivity index (χ3v) is 3.09. The van der Waals surface area contributed by atoms with E-state index in [1.807, 2.05) is 32.0 Å². The molecule has 134 valence electrons. The van der Waals surface area contributed by atoms with Gasteiger partial charge in [0.2, 0.25) is 5.91 Å². The molecule has 1 aromatic carbocycles. The lowest BCUT2D eigenvalue weighted by molar-refractivity contribution is -0.121. The van der Waals surface area contributed by atoms with Crippen LogP contribution in [0.1, 0.15) is 26.7 Å². The average Bonchev–Trinajstić information content (AvgIpc) is 2.71. The Morgan fingerprint density at radius 1 is 1.29 bits per heavy atom. The second-order valence-electron chi connectivity index (χ2n) is 5.58. The van der Waals surface area contributed by atoms with Gasteiger partial charge in [-0.05, 0) is 26.0 Å². The molecule has 8 heteroatoms. The van der Waals surface area contributed by atoms with Gasteiger partial charge in [-0.1, -0.05) is 0 Å². The zero-order valence-electron chi connectivity index (χ0n) is 14.0. The van der Waals surface area contributed by atoms with E-state index in [-0.39, 0.29) is 41.9 Å². The number of carbonyl (C=O) groups excluding carboxylic acids is 1. The summed E-state index contributed by atoms with van der Waals surface area (Å²) in [5.41, 5.74) is 6.60. The molecule has 1 aliphatic rings. The van der Waals surface area contributed by atoms with Gasteiger partial charge in [-0.15, -0.1) is 24.0 Å². The van der Waals surface area contributed by atoms with Gasteiger partial charge in [0.25, 0.3) is 0 Å². The maximum Gasteiger partial charge on any atom is 0.222 e. The first-order valence-electron chi connectivity index (χ1n) is 7.80. The van der Waals surface area contributed by atoms with E-state index in [9.17, 15) is 4.79 Å². The van der Waals surface area contributed by atoms with E-state index in [2.05, 4.69) is 15.6 Å². The molecule has 1 aromatic rings. The van der Waals surface area contributed by atoms with Crippen LogP contribution >= 0.6 is 24.0 Å². The van der Waals surface area contributed by atoms with Crippen molar-refractivity contribution in [2.24, 2.45) is 10.7 Å². The number of nitrogens with one attached hydrogen (secondary N) is 2. The molecule has 0 saturated heterocycles. The maximum atomic E-state index is 11.5. The first-order valence-corrected chi connectivity index (χ1v) is 7.80. The number of halogens is 1. The summed E-state index contributed by atoms with van der Waals surface area (Å²) in [4.78, 5) is 15.7. The minimum absolute atomic E-state index is 0. The first-order chi connectivity index (χ1) is 11.0. The lowest BCUT2D eigenvalue weighted by Gasteiger charge is -2.11. The van der Waals surface area contributed by atoms with E-state index in [1.54, 1.807) is 0 Å². The number of ether oxygens (including phenoxy) is 2. The molecule has 0 bridgehead atoms. The number of nitrogens with zero attached hydrogens (tertiary/aromatic N) is 1. The van der Waals surface area contributed by atoms with Crippen LogP contribution in [0.5, 0.6) is 11.5 Å². The van der Waals surface area contributed by atoms with Crippen LogP contribution in [0, 0.1) is 0 Å². The summed E-state index contributed by atoms with van der Waals surface area (Å²) in [6, 6.07) is 5.64. The number of amides is 1. The molecule has 0 fully saturated rings. The summed E-state index contributed by atoms with van der Waals surface area (Å²) < 4.78 is 11.2. The number of guanidine groups is 1. The van der Waals surface area contributed by atoms with Crippen LogP contribution in [0.15, 0.2) is 23.2 Å². The zero-order chi connectivity index (χ0) is 16.7. The number of aliphatic imine (C=N–C) groups is 1. The molecule has 0 aliphatic carbocycles. The summed E-state index contributed by atoms with van der Waals surface area (Å²) in [7, 11) is 0. The van der Waals surface area contributed by atoms with Gasteiger partial charge < -0.3 is 25.8 Å². The summed E-state index contributed by atoms with van der Waals surface area (Å²) in [5.74, 6) is 1.65. The Labute approximate surface area is 159 Å². The van der Waals surface area contributed by atoms with Gasteiger partial charge in [-0.3, -0.25) is 9.79 Å². The number of nitrogens with two attached hydrogens (primary N) is 1. The molecule has 0 atom stereocenters. The Balaban J connectivity index is 0.00000288. The van der Waals surface area contributed by atoms with Crippen LogP contribution in [0.2, 0.25) is 0 Å². The fourth-order valence-electron chi connectivity index (χ4n) is 2.10. The molecule has 0 saturated carbocycles. The number of hydrogen-bond acceptors (Lipinski definition) is 4. The van der Waals surface area contributed by atoms with Crippen molar-refractivity contribution >= 4 is 41.5 Å². The molecule has 2 rings (SSSR count). The fourth-order valence-corrected chi connectivity index (χ4v) is 2.10. The van der Waals surface area contributed by atoms with Gasteiger partial charge in [0.1, 0.15) is 0 Å². The molecule has 0 unspecified atom stereocenters. The first kappa shape index (κ1) is 20.3. The lowest BCUT2D eigenvalue weighted by Crippen LogP contribution is -2.30.